The van der Waals surface area contributed by atoms with Crippen LogP contribution in [0.2, 0.25) is 5.02 Å². The Balaban J connectivity index is 1.96. The highest BCUT2D eigenvalue weighted by Crippen LogP contribution is 2.22. The average molecular weight is 385 g/mol. The zero-order valence-electron chi connectivity index (χ0n) is 14.7. The number of fused-ring (bicyclic) bond motifs is 1. The molecule has 1 heterocycles. The Bertz CT molecular complexity index is 1110. The molecule has 7 nitrogen and oxygen atoms in total. The number of aryl methyl sites for hydroxylation is 1. The van der Waals surface area contributed by atoms with Crippen molar-refractivity contribution in [1.82, 2.24) is 15.1 Å². The summed E-state index contributed by atoms with van der Waals surface area (Å²) in [7, 11) is 1.47. The fraction of sp³-hybridized carbons (Fsp3) is 0.158. The predicted octanol–water partition coefficient (Wildman–Crippen LogP) is 2.36. The Labute approximate surface area is 160 Å². The van der Waals surface area contributed by atoms with Crippen LogP contribution < -0.4 is 16.2 Å². The van der Waals surface area contributed by atoms with Crippen LogP contribution >= 0.6 is 11.6 Å². The Kier molecular flexibility index (Phi) is 5.23. The second-order valence-electron chi connectivity index (χ2n) is 5.97. The molecule has 0 unspecified atom stereocenters. The third-order valence-electron chi connectivity index (χ3n) is 4.00. The van der Waals surface area contributed by atoms with Gasteiger partial charge in [0.25, 0.3) is 11.5 Å². The van der Waals surface area contributed by atoms with Crippen molar-refractivity contribution in [2.45, 2.75) is 13.5 Å². The summed E-state index contributed by atoms with van der Waals surface area (Å²) in [5.41, 5.74) is 1.02. The molecule has 0 aliphatic heterocycles. The second-order valence-corrected chi connectivity index (χ2v) is 6.37. The van der Waals surface area contributed by atoms with Gasteiger partial charge in [0.05, 0.1) is 16.1 Å². The zero-order chi connectivity index (χ0) is 19.6. The van der Waals surface area contributed by atoms with Gasteiger partial charge in [-0.15, -0.1) is 0 Å². The summed E-state index contributed by atoms with van der Waals surface area (Å²) in [6.07, 6.45) is 0. The lowest BCUT2D eigenvalue weighted by molar-refractivity contribution is -0.117. The molecule has 0 aliphatic carbocycles. The van der Waals surface area contributed by atoms with Crippen LogP contribution in [0.5, 0.6) is 0 Å². The molecule has 1 aromatic heterocycles. The molecule has 2 aromatic carbocycles. The molecule has 3 aromatic rings. The van der Waals surface area contributed by atoms with E-state index in [1.54, 1.807) is 36.4 Å². The van der Waals surface area contributed by atoms with Gasteiger partial charge in [0.1, 0.15) is 6.54 Å². The highest BCUT2D eigenvalue weighted by atomic mass is 35.5. The molecule has 0 bridgehead atoms. The van der Waals surface area contributed by atoms with Gasteiger partial charge in [0.2, 0.25) is 5.91 Å². The third kappa shape index (κ3) is 3.83. The molecular weight excluding hydrogens is 368 g/mol. The van der Waals surface area contributed by atoms with Crippen LogP contribution in [-0.4, -0.2) is 28.6 Å². The first-order valence-electron chi connectivity index (χ1n) is 8.18. The molecule has 27 heavy (non-hydrogen) atoms. The van der Waals surface area contributed by atoms with Gasteiger partial charge in [0, 0.05) is 12.4 Å². The van der Waals surface area contributed by atoms with Crippen molar-refractivity contribution in [3.63, 3.8) is 0 Å². The van der Waals surface area contributed by atoms with Crippen molar-refractivity contribution in [2.75, 3.05) is 12.4 Å². The van der Waals surface area contributed by atoms with Crippen LogP contribution in [0.15, 0.2) is 47.3 Å². The first-order valence-corrected chi connectivity index (χ1v) is 8.56. The number of anilines is 1. The van der Waals surface area contributed by atoms with E-state index in [-0.39, 0.29) is 12.2 Å². The van der Waals surface area contributed by atoms with Gasteiger partial charge >= 0.3 is 0 Å². The van der Waals surface area contributed by atoms with Gasteiger partial charge in [-0.2, -0.15) is 5.10 Å². The number of halogens is 1. The highest BCUT2D eigenvalue weighted by Gasteiger charge is 2.17. The van der Waals surface area contributed by atoms with E-state index in [1.165, 1.54) is 7.05 Å². The summed E-state index contributed by atoms with van der Waals surface area (Å²) < 4.78 is 0.977. The van der Waals surface area contributed by atoms with Crippen molar-refractivity contribution in [3.05, 3.63) is 69.1 Å². The Hall–Kier alpha value is -3.19. The second kappa shape index (κ2) is 7.59. The van der Waals surface area contributed by atoms with Gasteiger partial charge in [-0.05, 0) is 30.7 Å². The average Bonchev–Trinajstić information content (AvgIpc) is 2.65. The van der Waals surface area contributed by atoms with Gasteiger partial charge < -0.3 is 10.6 Å². The minimum Gasteiger partial charge on any atom is -0.354 e. The number of benzene rings is 2. The number of hydrogen-bond donors (Lipinski definition) is 2. The fourth-order valence-electron chi connectivity index (χ4n) is 2.68. The summed E-state index contributed by atoms with van der Waals surface area (Å²) in [5, 5.41) is 10.4. The molecule has 0 atom stereocenters. The number of nitrogens with one attached hydrogen (secondary N) is 2. The molecule has 0 saturated heterocycles. The molecule has 0 aliphatic rings. The van der Waals surface area contributed by atoms with Gasteiger partial charge in [-0.3, -0.25) is 14.4 Å². The van der Waals surface area contributed by atoms with E-state index in [0.29, 0.717) is 21.5 Å². The smallest absolute Gasteiger partial charge is 0.275 e. The molecule has 2 amide bonds. The predicted molar refractivity (Wildman–Crippen MR) is 104 cm³/mol. The van der Waals surface area contributed by atoms with Crippen LogP contribution in [0.25, 0.3) is 10.8 Å². The first-order chi connectivity index (χ1) is 12.9. The molecule has 8 heteroatoms. The first kappa shape index (κ1) is 18.6. The number of carbonyl (C=O) groups is 2. The SMILES string of the molecule is CNC(=O)c1nn(CC(=O)Nc2ccc(C)cc2Cl)c(=O)c2ccccc12. The molecule has 2 N–H and O–H groups in total. The maximum Gasteiger partial charge on any atom is 0.275 e. The van der Waals surface area contributed by atoms with Crippen molar-refractivity contribution < 1.29 is 9.59 Å². The summed E-state index contributed by atoms with van der Waals surface area (Å²) in [6, 6.07) is 11.9. The lowest BCUT2D eigenvalue weighted by Crippen LogP contribution is -2.33. The van der Waals surface area contributed by atoms with Crippen LogP contribution in [0.3, 0.4) is 0 Å². The summed E-state index contributed by atoms with van der Waals surface area (Å²) >= 11 is 6.12. The maximum atomic E-state index is 12.7. The third-order valence-corrected chi connectivity index (χ3v) is 4.31. The van der Waals surface area contributed by atoms with Crippen molar-refractivity contribution in [1.29, 1.82) is 0 Å². The topological polar surface area (TPSA) is 93.1 Å². The Morgan fingerprint density at radius 3 is 2.52 bits per heavy atom. The summed E-state index contributed by atoms with van der Waals surface area (Å²) in [5.74, 6) is -0.921. The minimum atomic E-state index is -0.478. The molecule has 0 radical (unpaired) electrons. The number of amides is 2. The number of nitrogens with zero attached hydrogens (tertiary/aromatic N) is 2. The summed E-state index contributed by atoms with van der Waals surface area (Å²) in [6.45, 7) is 1.54. The number of hydrogen-bond acceptors (Lipinski definition) is 4. The number of rotatable bonds is 4. The van der Waals surface area contributed by atoms with Gasteiger partial charge in [0.15, 0.2) is 5.69 Å². The molecule has 0 spiro atoms. The highest BCUT2D eigenvalue weighted by molar-refractivity contribution is 6.33. The fourth-order valence-corrected chi connectivity index (χ4v) is 2.96. The molecular formula is C19H17ClN4O3. The van der Waals surface area contributed by atoms with E-state index >= 15 is 0 Å². The van der Waals surface area contributed by atoms with E-state index in [4.69, 9.17) is 11.6 Å². The zero-order valence-corrected chi connectivity index (χ0v) is 15.5. The van der Waals surface area contributed by atoms with E-state index in [2.05, 4.69) is 15.7 Å². The summed E-state index contributed by atoms with van der Waals surface area (Å²) in [4.78, 5) is 37.2. The molecule has 0 saturated carbocycles. The molecule has 138 valence electrons. The monoisotopic (exact) mass is 384 g/mol. The van der Waals surface area contributed by atoms with E-state index in [0.717, 1.165) is 10.2 Å². The lowest BCUT2D eigenvalue weighted by Gasteiger charge is -2.11. The lowest BCUT2D eigenvalue weighted by atomic mass is 10.1. The minimum absolute atomic E-state index is 0.0777. The van der Waals surface area contributed by atoms with Crippen LogP contribution in [0.4, 0.5) is 5.69 Å². The maximum absolute atomic E-state index is 12.7. The van der Waals surface area contributed by atoms with E-state index in [1.807, 2.05) is 13.0 Å². The van der Waals surface area contributed by atoms with Crippen LogP contribution in [0, 0.1) is 6.92 Å². The standard InChI is InChI=1S/C19H17ClN4O3/c1-11-7-8-15(14(20)9-11)22-16(25)10-24-19(27)13-6-4-3-5-12(13)17(23-24)18(26)21-2/h3-9H,10H2,1-2H3,(H,21,26)(H,22,25). The van der Waals surface area contributed by atoms with E-state index < -0.39 is 17.4 Å². The molecule has 0 fully saturated rings. The van der Waals surface area contributed by atoms with Crippen molar-refractivity contribution in [3.8, 4) is 0 Å². The molecule has 3 rings (SSSR count). The van der Waals surface area contributed by atoms with Gasteiger partial charge in [-0.25, -0.2) is 4.68 Å². The number of carbonyl (C=O) groups excluding carboxylic acids is 2. The van der Waals surface area contributed by atoms with Gasteiger partial charge in [-0.1, -0.05) is 35.9 Å². The van der Waals surface area contributed by atoms with E-state index in [9.17, 15) is 14.4 Å². The Morgan fingerprint density at radius 2 is 1.85 bits per heavy atom. The largest absolute Gasteiger partial charge is 0.354 e. The normalized spacial score (nSPS) is 10.6. The Morgan fingerprint density at radius 1 is 1.15 bits per heavy atom. The number of aromatic nitrogens is 2. The van der Waals surface area contributed by atoms with Crippen LogP contribution in [-0.2, 0) is 11.3 Å². The van der Waals surface area contributed by atoms with Crippen molar-refractivity contribution in [2.24, 2.45) is 0 Å². The van der Waals surface area contributed by atoms with Crippen LogP contribution in [0.1, 0.15) is 16.1 Å². The van der Waals surface area contributed by atoms with Crippen molar-refractivity contribution >= 4 is 39.9 Å². The quantitative estimate of drug-likeness (QED) is 0.722.